The highest BCUT2D eigenvalue weighted by atomic mass is 32.2. The van der Waals surface area contributed by atoms with E-state index >= 15 is 0 Å². The van der Waals surface area contributed by atoms with Crippen LogP contribution in [-0.4, -0.2) is 51.0 Å². The van der Waals surface area contributed by atoms with Gasteiger partial charge < -0.3 is 9.64 Å². The van der Waals surface area contributed by atoms with Crippen molar-refractivity contribution in [3.63, 3.8) is 0 Å². The summed E-state index contributed by atoms with van der Waals surface area (Å²) in [6, 6.07) is 1.99. The highest BCUT2D eigenvalue weighted by Crippen LogP contribution is 2.28. The molecular weight excluding hydrogens is 312 g/mol. The maximum atomic E-state index is 5.41. The summed E-state index contributed by atoms with van der Waals surface area (Å²) in [4.78, 5) is 11.2. The van der Waals surface area contributed by atoms with Gasteiger partial charge >= 0.3 is 0 Å². The monoisotopic (exact) mass is 334 g/mol. The third-order valence-corrected chi connectivity index (χ3v) is 4.60. The molecule has 0 bridgehead atoms. The van der Waals surface area contributed by atoms with Gasteiger partial charge in [0, 0.05) is 31.7 Å². The predicted molar refractivity (Wildman–Crippen MR) is 89.0 cm³/mol. The van der Waals surface area contributed by atoms with Crippen molar-refractivity contribution in [3.05, 3.63) is 17.6 Å². The molecule has 0 spiro atoms. The molecule has 1 fully saturated rings. The molecule has 124 valence electrons. The van der Waals surface area contributed by atoms with Crippen molar-refractivity contribution in [2.24, 2.45) is 0 Å². The van der Waals surface area contributed by atoms with Gasteiger partial charge in [0.05, 0.1) is 13.2 Å². The van der Waals surface area contributed by atoms with Crippen molar-refractivity contribution >= 4 is 17.7 Å². The van der Waals surface area contributed by atoms with Crippen LogP contribution in [-0.2, 0) is 17.7 Å². The number of aryl methyl sites for hydroxylation is 2. The summed E-state index contributed by atoms with van der Waals surface area (Å²) in [6.07, 6.45) is 0.828. The number of hydrogen-bond acceptors (Lipinski definition) is 7. The Morgan fingerprint density at radius 3 is 2.65 bits per heavy atom. The van der Waals surface area contributed by atoms with E-state index in [2.05, 4.69) is 43.5 Å². The molecule has 0 radical (unpaired) electrons. The first kappa shape index (κ1) is 16.2. The van der Waals surface area contributed by atoms with Crippen LogP contribution in [0.2, 0.25) is 0 Å². The Labute approximate surface area is 140 Å². The van der Waals surface area contributed by atoms with Gasteiger partial charge in [-0.3, -0.25) is 4.57 Å². The van der Waals surface area contributed by atoms with Crippen LogP contribution in [0.1, 0.15) is 25.4 Å². The van der Waals surface area contributed by atoms with E-state index in [9.17, 15) is 0 Å². The van der Waals surface area contributed by atoms with Gasteiger partial charge in [-0.15, -0.1) is 10.2 Å². The molecule has 0 aromatic carbocycles. The zero-order valence-electron chi connectivity index (χ0n) is 13.8. The number of rotatable bonds is 5. The molecule has 8 heteroatoms. The zero-order valence-corrected chi connectivity index (χ0v) is 14.6. The quantitative estimate of drug-likeness (QED) is 0.774. The molecule has 2 aromatic rings. The third kappa shape index (κ3) is 3.64. The topological polar surface area (TPSA) is 69.0 Å². The first-order valence-electron chi connectivity index (χ1n) is 7.99. The normalized spacial score (nSPS) is 15.2. The van der Waals surface area contributed by atoms with Crippen LogP contribution in [0.5, 0.6) is 0 Å². The van der Waals surface area contributed by atoms with Gasteiger partial charge in [-0.2, -0.15) is 0 Å². The average Bonchev–Trinajstić information content (AvgIpc) is 2.97. The Bertz CT molecular complexity index is 668. The molecule has 7 nitrogen and oxygen atoms in total. The van der Waals surface area contributed by atoms with Gasteiger partial charge in [-0.1, -0.05) is 6.92 Å². The largest absolute Gasteiger partial charge is 0.378 e. The van der Waals surface area contributed by atoms with Crippen LogP contribution in [0, 0.1) is 6.92 Å². The number of anilines is 1. The summed E-state index contributed by atoms with van der Waals surface area (Å²) < 4.78 is 7.55. The van der Waals surface area contributed by atoms with Crippen LogP contribution < -0.4 is 4.90 Å². The van der Waals surface area contributed by atoms with Crippen molar-refractivity contribution in [1.29, 1.82) is 0 Å². The number of hydrogen-bond donors (Lipinski definition) is 0. The number of ether oxygens (including phenoxy) is 1. The SMILES string of the molecule is CCc1nc(C)cc(Sc2nnc(N3CCOCC3)n2CC)n1. The fraction of sp³-hybridized carbons (Fsp3) is 0.600. The summed E-state index contributed by atoms with van der Waals surface area (Å²) in [5.41, 5.74) is 0.982. The number of aromatic nitrogens is 5. The standard InChI is InChI=1S/C15H22N6OS/c1-4-12-16-11(3)10-13(17-12)23-15-19-18-14(21(15)5-2)20-6-8-22-9-7-20/h10H,4-9H2,1-3H3. The molecule has 1 saturated heterocycles. The van der Waals surface area contributed by atoms with E-state index in [-0.39, 0.29) is 0 Å². The van der Waals surface area contributed by atoms with Gasteiger partial charge in [0.15, 0.2) is 5.16 Å². The van der Waals surface area contributed by atoms with Gasteiger partial charge in [-0.25, -0.2) is 9.97 Å². The van der Waals surface area contributed by atoms with Gasteiger partial charge in [-0.05, 0) is 31.7 Å². The van der Waals surface area contributed by atoms with Crippen LogP contribution >= 0.6 is 11.8 Å². The molecular formula is C15H22N6OS. The molecule has 0 amide bonds. The molecule has 0 unspecified atom stereocenters. The molecule has 0 saturated carbocycles. The molecule has 23 heavy (non-hydrogen) atoms. The fourth-order valence-electron chi connectivity index (χ4n) is 2.53. The van der Waals surface area contributed by atoms with Crippen molar-refractivity contribution in [2.45, 2.75) is 43.9 Å². The molecule has 2 aromatic heterocycles. The van der Waals surface area contributed by atoms with Crippen LogP contribution in [0.25, 0.3) is 0 Å². The minimum Gasteiger partial charge on any atom is -0.378 e. The second-order valence-electron chi connectivity index (χ2n) is 5.35. The zero-order chi connectivity index (χ0) is 16.2. The van der Waals surface area contributed by atoms with E-state index in [1.807, 2.05) is 13.0 Å². The maximum Gasteiger partial charge on any atom is 0.228 e. The van der Waals surface area contributed by atoms with E-state index in [4.69, 9.17) is 4.74 Å². The fourth-order valence-corrected chi connectivity index (χ4v) is 3.50. The van der Waals surface area contributed by atoms with Crippen molar-refractivity contribution in [2.75, 3.05) is 31.2 Å². The lowest BCUT2D eigenvalue weighted by Crippen LogP contribution is -2.38. The molecule has 3 rings (SSSR count). The predicted octanol–water partition coefficient (Wildman–Crippen LogP) is 1.95. The highest BCUT2D eigenvalue weighted by Gasteiger charge is 2.20. The Balaban J connectivity index is 1.85. The van der Waals surface area contributed by atoms with Crippen molar-refractivity contribution < 1.29 is 4.74 Å². The summed E-state index contributed by atoms with van der Waals surface area (Å²) >= 11 is 1.55. The highest BCUT2D eigenvalue weighted by molar-refractivity contribution is 7.99. The first-order chi connectivity index (χ1) is 11.2. The second-order valence-corrected chi connectivity index (χ2v) is 6.33. The van der Waals surface area contributed by atoms with Crippen LogP contribution in [0.3, 0.4) is 0 Å². The second kappa shape index (κ2) is 7.27. The molecule has 3 heterocycles. The van der Waals surface area contributed by atoms with E-state index in [1.54, 1.807) is 11.8 Å². The van der Waals surface area contributed by atoms with Crippen molar-refractivity contribution in [1.82, 2.24) is 24.7 Å². The van der Waals surface area contributed by atoms with E-state index in [0.29, 0.717) is 0 Å². The lowest BCUT2D eigenvalue weighted by atomic mass is 10.4. The smallest absolute Gasteiger partial charge is 0.228 e. The Morgan fingerprint density at radius 1 is 1.17 bits per heavy atom. The first-order valence-corrected chi connectivity index (χ1v) is 8.81. The molecule has 1 aliphatic heterocycles. The minimum atomic E-state index is 0.740. The molecule has 0 aliphatic carbocycles. The molecule has 0 atom stereocenters. The summed E-state index contributed by atoms with van der Waals surface area (Å²) in [5.74, 6) is 1.78. The van der Waals surface area contributed by atoms with Crippen molar-refractivity contribution in [3.8, 4) is 0 Å². The number of nitrogens with zero attached hydrogens (tertiary/aromatic N) is 6. The van der Waals surface area contributed by atoms with E-state index < -0.39 is 0 Å². The average molecular weight is 334 g/mol. The van der Waals surface area contributed by atoms with E-state index in [1.165, 1.54) is 0 Å². The van der Waals surface area contributed by atoms with Crippen LogP contribution in [0.15, 0.2) is 16.2 Å². The van der Waals surface area contributed by atoms with Gasteiger partial charge in [0.2, 0.25) is 5.95 Å². The van der Waals surface area contributed by atoms with E-state index in [0.717, 1.165) is 66.9 Å². The Hall–Kier alpha value is -1.67. The lowest BCUT2D eigenvalue weighted by Gasteiger charge is -2.27. The summed E-state index contributed by atoms with van der Waals surface area (Å²) in [7, 11) is 0. The Morgan fingerprint density at radius 2 is 1.96 bits per heavy atom. The third-order valence-electron chi connectivity index (χ3n) is 3.70. The lowest BCUT2D eigenvalue weighted by molar-refractivity contribution is 0.121. The number of morpholine rings is 1. The molecule has 0 N–H and O–H groups in total. The summed E-state index contributed by atoms with van der Waals surface area (Å²) in [6.45, 7) is 10.2. The van der Waals surface area contributed by atoms with Crippen LogP contribution in [0.4, 0.5) is 5.95 Å². The van der Waals surface area contributed by atoms with Gasteiger partial charge in [0.25, 0.3) is 0 Å². The van der Waals surface area contributed by atoms with Gasteiger partial charge in [0.1, 0.15) is 10.9 Å². The molecule has 1 aliphatic rings. The minimum absolute atomic E-state index is 0.740. The maximum absolute atomic E-state index is 5.41. The summed E-state index contributed by atoms with van der Waals surface area (Å²) in [5, 5.41) is 10.6. The Kier molecular flexibility index (Phi) is 5.12.